The van der Waals surface area contributed by atoms with E-state index in [2.05, 4.69) is 10.2 Å². The molecule has 0 bridgehead atoms. The molecule has 6 heteroatoms. The molecule has 0 N–H and O–H groups in total. The van der Waals surface area contributed by atoms with Crippen molar-refractivity contribution in [3.05, 3.63) is 76.6 Å². The first kappa shape index (κ1) is 12.7. The number of hydrogen-bond acceptors (Lipinski definition) is 3. The van der Waals surface area contributed by atoms with Crippen molar-refractivity contribution in [2.24, 2.45) is 0 Å². The molecule has 0 atom stereocenters. The summed E-state index contributed by atoms with van der Waals surface area (Å²) in [6.07, 6.45) is 1.46. The van der Waals surface area contributed by atoms with Crippen molar-refractivity contribution in [3.8, 4) is 0 Å². The summed E-state index contributed by atoms with van der Waals surface area (Å²) in [4.78, 5) is 12.7. The smallest absolute Gasteiger partial charge is 0.267 e. The number of hydrogen-bond donors (Lipinski definition) is 0. The summed E-state index contributed by atoms with van der Waals surface area (Å²) < 4.78 is 16.9. The topological polar surface area (TPSA) is 52.2 Å². The fourth-order valence-electron chi connectivity index (χ4n) is 2.62. The van der Waals surface area contributed by atoms with Crippen molar-refractivity contribution >= 4 is 16.4 Å². The van der Waals surface area contributed by atoms with Crippen LogP contribution in [0.25, 0.3) is 16.4 Å². The summed E-state index contributed by atoms with van der Waals surface area (Å²) >= 11 is 0. The highest BCUT2D eigenvalue weighted by Crippen LogP contribution is 2.15. The van der Waals surface area contributed by atoms with Gasteiger partial charge >= 0.3 is 0 Å². The molecular weight excluding hydrogens is 283 g/mol. The van der Waals surface area contributed by atoms with Gasteiger partial charge in [0.05, 0.1) is 11.9 Å². The molecule has 0 unspecified atom stereocenters. The zero-order chi connectivity index (χ0) is 15.1. The largest absolute Gasteiger partial charge is 0.273 e. The zero-order valence-corrected chi connectivity index (χ0v) is 11.5. The molecule has 0 saturated heterocycles. The summed E-state index contributed by atoms with van der Waals surface area (Å²) in [7, 11) is 0. The predicted molar refractivity (Wildman–Crippen MR) is 80.3 cm³/mol. The first-order valence-corrected chi connectivity index (χ1v) is 6.80. The number of rotatable bonds is 2. The van der Waals surface area contributed by atoms with E-state index >= 15 is 0 Å². The van der Waals surface area contributed by atoms with E-state index in [1.165, 1.54) is 17.1 Å². The molecule has 5 nitrogen and oxygen atoms in total. The predicted octanol–water partition coefficient (Wildman–Crippen LogP) is 2.23. The van der Waals surface area contributed by atoms with Gasteiger partial charge in [0.15, 0.2) is 5.65 Å². The van der Waals surface area contributed by atoms with Crippen molar-refractivity contribution in [2.75, 3.05) is 0 Å². The second kappa shape index (κ2) is 4.77. The Morgan fingerprint density at radius 2 is 1.73 bits per heavy atom. The molecule has 108 valence electrons. The Balaban J connectivity index is 2.04. The minimum Gasteiger partial charge on any atom is -0.267 e. The highest BCUT2D eigenvalue weighted by molar-refractivity contribution is 5.92. The van der Waals surface area contributed by atoms with Crippen LogP contribution in [-0.2, 0) is 6.54 Å². The Labute approximate surface area is 124 Å². The van der Waals surface area contributed by atoms with Gasteiger partial charge in [0.1, 0.15) is 12.1 Å². The van der Waals surface area contributed by atoms with Gasteiger partial charge in [0.2, 0.25) is 0 Å². The van der Waals surface area contributed by atoms with Crippen LogP contribution in [0.2, 0.25) is 0 Å². The van der Waals surface area contributed by atoms with Crippen molar-refractivity contribution in [1.82, 2.24) is 19.4 Å². The lowest BCUT2D eigenvalue weighted by Crippen LogP contribution is -2.27. The van der Waals surface area contributed by atoms with Gasteiger partial charge < -0.3 is 0 Å². The van der Waals surface area contributed by atoms with E-state index < -0.39 is 0 Å². The van der Waals surface area contributed by atoms with E-state index in [1.807, 2.05) is 12.1 Å². The van der Waals surface area contributed by atoms with Gasteiger partial charge in [-0.3, -0.25) is 4.79 Å². The van der Waals surface area contributed by atoms with E-state index in [9.17, 15) is 9.18 Å². The Hall–Kier alpha value is -3.02. The highest BCUT2D eigenvalue weighted by atomic mass is 19.1. The first-order valence-electron chi connectivity index (χ1n) is 6.80. The maximum Gasteiger partial charge on any atom is 0.273 e. The Bertz CT molecular complexity index is 1050. The maximum atomic E-state index is 13.9. The highest BCUT2D eigenvalue weighted by Gasteiger charge is 2.13. The fourth-order valence-corrected chi connectivity index (χ4v) is 2.62. The Morgan fingerprint density at radius 1 is 1.00 bits per heavy atom. The number of aromatic nitrogens is 4. The van der Waals surface area contributed by atoms with Gasteiger partial charge in [0, 0.05) is 10.9 Å². The molecule has 0 aliphatic carbocycles. The van der Waals surface area contributed by atoms with Crippen molar-refractivity contribution < 1.29 is 4.39 Å². The quantitative estimate of drug-likeness (QED) is 0.569. The van der Waals surface area contributed by atoms with Crippen LogP contribution in [0.4, 0.5) is 4.39 Å². The minimum atomic E-state index is -0.344. The zero-order valence-electron chi connectivity index (χ0n) is 11.5. The number of halogens is 1. The van der Waals surface area contributed by atoms with Crippen LogP contribution in [0.3, 0.4) is 0 Å². The molecule has 4 aromatic rings. The second-order valence-corrected chi connectivity index (χ2v) is 5.00. The third-order valence-electron chi connectivity index (χ3n) is 3.70. The third kappa shape index (κ3) is 1.81. The molecule has 0 radical (unpaired) electrons. The van der Waals surface area contributed by atoms with Crippen LogP contribution in [0.1, 0.15) is 5.56 Å². The molecule has 22 heavy (non-hydrogen) atoms. The van der Waals surface area contributed by atoms with E-state index in [4.69, 9.17) is 0 Å². The van der Waals surface area contributed by atoms with Crippen LogP contribution in [-0.4, -0.2) is 19.4 Å². The lowest BCUT2D eigenvalue weighted by atomic mass is 10.2. The summed E-state index contributed by atoms with van der Waals surface area (Å²) in [5.41, 5.74) is 0.813. The molecule has 0 aliphatic heterocycles. The van der Waals surface area contributed by atoms with Gasteiger partial charge in [-0.15, -0.1) is 10.2 Å². The van der Waals surface area contributed by atoms with Gasteiger partial charge in [-0.1, -0.05) is 36.4 Å². The van der Waals surface area contributed by atoms with Gasteiger partial charge in [-0.2, -0.15) is 0 Å². The molecule has 2 heterocycles. The molecule has 0 spiro atoms. The molecule has 0 fully saturated rings. The standard InChI is InChI=1S/C16H11FN4O/c17-14-8-4-1-5-11(14)9-20-16(22)13-7-3-2-6-12(13)15-19-18-10-21(15)20/h1-8,10H,9H2. The minimum absolute atomic E-state index is 0.116. The SMILES string of the molecule is O=c1c2ccccc2c2nncn2n1Cc1ccccc1F. The monoisotopic (exact) mass is 294 g/mol. The van der Waals surface area contributed by atoms with E-state index in [0.717, 1.165) is 5.39 Å². The van der Waals surface area contributed by atoms with E-state index in [1.54, 1.807) is 34.8 Å². The average molecular weight is 294 g/mol. The molecule has 0 amide bonds. The van der Waals surface area contributed by atoms with Crippen molar-refractivity contribution in [3.63, 3.8) is 0 Å². The number of nitrogens with zero attached hydrogens (tertiary/aromatic N) is 4. The average Bonchev–Trinajstić information content (AvgIpc) is 3.03. The number of benzene rings is 2. The molecule has 0 aliphatic rings. The lowest BCUT2D eigenvalue weighted by Gasteiger charge is -2.11. The Kier molecular flexibility index (Phi) is 2.75. The van der Waals surface area contributed by atoms with Gasteiger partial charge in [-0.05, 0) is 12.1 Å². The molecule has 4 rings (SSSR count). The summed E-state index contributed by atoms with van der Waals surface area (Å²) in [6.45, 7) is 0.116. The number of fused-ring (bicyclic) bond motifs is 3. The third-order valence-corrected chi connectivity index (χ3v) is 3.70. The van der Waals surface area contributed by atoms with Gasteiger partial charge in [-0.25, -0.2) is 13.6 Å². The maximum absolute atomic E-state index is 13.9. The van der Waals surface area contributed by atoms with E-state index in [0.29, 0.717) is 16.6 Å². The summed E-state index contributed by atoms with van der Waals surface area (Å²) in [5, 5.41) is 9.22. The molecule has 2 aromatic carbocycles. The first-order chi connectivity index (χ1) is 10.8. The fraction of sp³-hybridized carbons (Fsp3) is 0.0625. The van der Waals surface area contributed by atoms with Crippen LogP contribution in [0.5, 0.6) is 0 Å². The summed E-state index contributed by atoms with van der Waals surface area (Å²) in [6, 6.07) is 13.6. The van der Waals surface area contributed by atoms with Crippen LogP contribution >= 0.6 is 0 Å². The summed E-state index contributed by atoms with van der Waals surface area (Å²) in [5.74, 6) is -0.344. The van der Waals surface area contributed by atoms with Gasteiger partial charge in [0.25, 0.3) is 5.56 Å². The van der Waals surface area contributed by atoms with Crippen molar-refractivity contribution in [2.45, 2.75) is 6.54 Å². The Morgan fingerprint density at radius 3 is 2.55 bits per heavy atom. The van der Waals surface area contributed by atoms with Crippen LogP contribution in [0, 0.1) is 5.82 Å². The molecule has 0 saturated carbocycles. The molecule has 2 aromatic heterocycles. The molecular formula is C16H11FN4O. The van der Waals surface area contributed by atoms with Crippen molar-refractivity contribution in [1.29, 1.82) is 0 Å². The lowest BCUT2D eigenvalue weighted by molar-refractivity contribution is 0.558. The second-order valence-electron chi connectivity index (χ2n) is 5.00. The normalized spacial score (nSPS) is 11.3. The van der Waals surface area contributed by atoms with Crippen LogP contribution in [0.15, 0.2) is 59.7 Å². The van der Waals surface area contributed by atoms with Crippen LogP contribution < -0.4 is 5.56 Å². The van der Waals surface area contributed by atoms with E-state index in [-0.39, 0.29) is 17.9 Å².